The van der Waals surface area contributed by atoms with E-state index in [-0.39, 0.29) is 10.6 Å². The van der Waals surface area contributed by atoms with Gasteiger partial charge in [-0.05, 0) is 55.3 Å². The van der Waals surface area contributed by atoms with Crippen molar-refractivity contribution in [3.8, 4) is 5.75 Å². The van der Waals surface area contributed by atoms with Crippen molar-refractivity contribution in [1.29, 1.82) is 0 Å². The van der Waals surface area contributed by atoms with E-state index in [0.29, 0.717) is 11.3 Å². The van der Waals surface area contributed by atoms with Crippen LogP contribution in [0.25, 0.3) is 0 Å². The molecule has 0 fully saturated rings. The molecule has 1 amide bonds. The number of aryl methyl sites for hydroxylation is 1. The van der Waals surface area contributed by atoms with E-state index in [1.54, 1.807) is 48.5 Å². The fourth-order valence-corrected chi connectivity index (χ4v) is 4.46. The van der Waals surface area contributed by atoms with Crippen molar-refractivity contribution < 1.29 is 18.3 Å². The standard InChI is InChI=1S/C23H23N3O4S/c1-17-9-8-13-21(18(17)2)26(31(29,30)20-11-4-3-5-12-20)16-23(28)25-24-15-19-10-6-7-14-22(19)27/h3-15,27H,16H2,1-2H3,(H,25,28)/b24-15-. The van der Waals surface area contributed by atoms with Gasteiger partial charge in [0.15, 0.2) is 0 Å². The third kappa shape index (κ3) is 5.10. The SMILES string of the molecule is Cc1cccc(N(CC(=O)N/N=C\c2ccccc2O)S(=O)(=O)c2ccccc2)c1C. The molecule has 0 radical (unpaired) electrons. The van der Waals surface area contributed by atoms with Crippen molar-refractivity contribution in [2.75, 3.05) is 10.8 Å². The van der Waals surface area contributed by atoms with E-state index < -0.39 is 22.5 Å². The van der Waals surface area contributed by atoms with Gasteiger partial charge in [0, 0.05) is 5.56 Å². The minimum atomic E-state index is -3.99. The lowest BCUT2D eigenvalue weighted by atomic mass is 10.1. The first-order valence-corrected chi connectivity index (χ1v) is 11.0. The molecule has 7 nitrogen and oxygen atoms in total. The topological polar surface area (TPSA) is 99.1 Å². The van der Waals surface area contributed by atoms with Crippen molar-refractivity contribution in [3.63, 3.8) is 0 Å². The van der Waals surface area contributed by atoms with Crippen molar-refractivity contribution in [1.82, 2.24) is 5.43 Å². The molecule has 3 aromatic rings. The maximum atomic E-state index is 13.3. The van der Waals surface area contributed by atoms with Gasteiger partial charge in [-0.15, -0.1) is 0 Å². The molecule has 3 aromatic carbocycles. The number of hydrogen-bond donors (Lipinski definition) is 2. The summed E-state index contributed by atoms with van der Waals surface area (Å²) >= 11 is 0. The summed E-state index contributed by atoms with van der Waals surface area (Å²) in [4.78, 5) is 12.7. The van der Waals surface area contributed by atoms with Gasteiger partial charge in [0.2, 0.25) is 0 Å². The molecule has 0 bridgehead atoms. The Hall–Kier alpha value is -3.65. The molecule has 0 unspecified atom stereocenters. The number of anilines is 1. The molecule has 8 heteroatoms. The largest absolute Gasteiger partial charge is 0.507 e. The summed E-state index contributed by atoms with van der Waals surface area (Å²) < 4.78 is 27.8. The number of aromatic hydroxyl groups is 1. The summed E-state index contributed by atoms with van der Waals surface area (Å²) in [6.07, 6.45) is 1.29. The fourth-order valence-electron chi connectivity index (χ4n) is 2.96. The smallest absolute Gasteiger partial charge is 0.264 e. The second-order valence-corrected chi connectivity index (χ2v) is 8.76. The number of phenols is 1. The Labute approximate surface area is 181 Å². The Bertz CT molecular complexity index is 1210. The first-order valence-electron chi connectivity index (χ1n) is 9.54. The summed E-state index contributed by atoms with van der Waals surface area (Å²) in [7, 11) is -3.99. The van der Waals surface area contributed by atoms with Crippen LogP contribution in [0.4, 0.5) is 5.69 Å². The normalized spacial score (nSPS) is 11.4. The number of sulfonamides is 1. The van der Waals surface area contributed by atoms with E-state index in [1.165, 1.54) is 24.4 Å². The zero-order valence-corrected chi connectivity index (χ0v) is 18.0. The summed E-state index contributed by atoms with van der Waals surface area (Å²) in [5.74, 6) is -0.601. The van der Waals surface area contributed by atoms with Crippen LogP contribution in [-0.2, 0) is 14.8 Å². The molecule has 0 aliphatic heterocycles. The lowest BCUT2D eigenvalue weighted by molar-refractivity contribution is -0.119. The molecule has 0 spiro atoms. The summed E-state index contributed by atoms with van der Waals surface area (Å²) in [5.41, 5.74) is 4.84. The van der Waals surface area contributed by atoms with Crippen molar-refractivity contribution in [2.24, 2.45) is 5.10 Å². The van der Waals surface area contributed by atoms with Crippen LogP contribution >= 0.6 is 0 Å². The van der Waals surface area contributed by atoms with Crippen LogP contribution in [0.3, 0.4) is 0 Å². The average molecular weight is 438 g/mol. The zero-order chi connectivity index (χ0) is 22.4. The lowest BCUT2D eigenvalue weighted by Gasteiger charge is -2.26. The molecule has 0 atom stereocenters. The number of hydrogen-bond acceptors (Lipinski definition) is 5. The van der Waals surface area contributed by atoms with Crippen LogP contribution in [0.1, 0.15) is 16.7 Å². The molecule has 0 aliphatic carbocycles. The number of rotatable bonds is 7. The number of para-hydroxylation sites is 1. The second-order valence-electron chi connectivity index (χ2n) is 6.90. The Morgan fingerprint density at radius 2 is 1.68 bits per heavy atom. The highest BCUT2D eigenvalue weighted by Crippen LogP contribution is 2.28. The number of carbonyl (C=O) groups excluding carboxylic acids is 1. The highest BCUT2D eigenvalue weighted by atomic mass is 32.2. The molecule has 160 valence electrons. The van der Waals surface area contributed by atoms with Crippen LogP contribution in [0.15, 0.2) is 82.8 Å². The maximum Gasteiger partial charge on any atom is 0.264 e. The minimum Gasteiger partial charge on any atom is -0.507 e. The number of benzene rings is 3. The first kappa shape index (κ1) is 22.0. The zero-order valence-electron chi connectivity index (χ0n) is 17.2. The Morgan fingerprint density at radius 1 is 1.00 bits per heavy atom. The van der Waals surface area contributed by atoms with Gasteiger partial charge in [-0.3, -0.25) is 9.10 Å². The van der Waals surface area contributed by atoms with Gasteiger partial charge in [-0.2, -0.15) is 5.10 Å². The van der Waals surface area contributed by atoms with Crippen LogP contribution in [0.5, 0.6) is 5.75 Å². The van der Waals surface area contributed by atoms with Gasteiger partial charge in [0.25, 0.3) is 15.9 Å². The number of nitrogens with zero attached hydrogens (tertiary/aromatic N) is 2. The van der Waals surface area contributed by atoms with Gasteiger partial charge in [0.1, 0.15) is 12.3 Å². The van der Waals surface area contributed by atoms with Crippen LogP contribution in [0.2, 0.25) is 0 Å². The molecular weight excluding hydrogens is 414 g/mol. The monoisotopic (exact) mass is 437 g/mol. The van der Waals surface area contributed by atoms with Gasteiger partial charge >= 0.3 is 0 Å². The predicted molar refractivity (Wildman–Crippen MR) is 121 cm³/mol. The number of hydrazone groups is 1. The van der Waals surface area contributed by atoms with E-state index >= 15 is 0 Å². The van der Waals surface area contributed by atoms with Crippen molar-refractivity contribution in [2.45, 2.75) is 18.7 Å². The number of nitrogens with one attached hydrogen (secondary N) is 1. The first-order chi connectivity index (χ1) is 14.8. The maximum absolute atomic E-state index is 13.3. The van der Waals surface area contributed by atoms with Crippen LogP contribution in [0, 0.1) is 13.8 Å². The summed E-state index contributed by atoms with van der Waals surface area (Å²) in [5, 5.41) is 13.6. The quantitative estimate of drug-likeness (QED) is 0.437. The molecule has 3 rings (SSSR count). The lowest BCUT2D eigenvalue weighted by Crippen LogP contribution is -2.40. The molecule has 0 aliphatic rings. The third-order valence-corrected chi connectivity index (χ3v) is 6.57. The predicted octanol–water partition coefficient (Wildman–Crippen LogP) is 3.35. The Morgan fingerprint density at radius 3 is 2.39 bits per heavy atom. The highest BCUT2D eigenvalue weighted by Gasteiger charge is 2.28. The van der Waals surface area contributed by atoms with Gasteiger partial charge < -0.3 is 5.11 Å². The molecular formula is C23H23N3O4S. The number of phenolic OH excluding ortho intramolecular Hbond substituents is 1. The van der Waals surface area contributed by atoms with Crippen molar-refractivity contribution >= 4 is 27.8 Å². The molecule has 0 heterocycles. The highest BCUT2D eigenvalue weighted by molar-refractivity contribution is 7.92. The van der Waals surface area contributed by atoms with Gasteiger partial charge in [-0.1, -0.05) is 42.5 Å². The van der Waals surface area contributed by atoms with E-state index in [1.807, 2.05) is 19.9 Å². The number of amides is 1. The molecule has 0 aromatic heterocycles. The van der Waals surface area contributed by atoms with Crippen LogP contribution < -0.4 is 9.73 Å². The van der Waals surface area contributed by atoms with E-state index in [4.69, 9.17) is 0 Å². The number of carbonyl (C=O) groups is 1. The minimum absolute atomic E-state index is 0.0177. The molecule has 0 saturated carbocycles. The van der Waals surface area contributed by atoms with Crippen LogP contribution in [-0.4, -0.2) is 32.2 Å². The summed E-state index contributed by atoms with van der Waals surface area (Å²) in [6.45, 7) is 3.23. The fraction of sp³-hybridized carbons (Fsp3) is 0.130. The van der Waals surface area contributed by atoms with Crippen molar-refractivity contribution in [3.05, 3.63) is 89.5 Å². The van der Waals surface area contributed by atoms with Gasteiger partial charge in [0.05, 0.1) is 16.8 Å². The Balaban J connectivity index is 1.89. The summed E-state index contributed by atoms with van der Waals surface area (Å²) in [6, 6.07) is 19.8. The van der Waals surface area contributed by atoms with Gasteiger partial charge in [-0.25, -0.2) is 13.8 Å². The average Bonchev–Trinajstić information content (AvgIpc) is 2.76. The molecule has 2 N–H and O–H groups in total. The second kappa shape index (κ2) is 9.44. The Kier molecular flexibility index (Phi) is 6.71. The molecule has 31 heavy (non-hydrogen) atoms. The van der Waals surface area contributed by atoms with E-state index in [0.717, 1.165) is 15.4 Å². The molecule has 0 saturated heterocycles. The van der Waals surface area contributed by atoms with E-state index in [2.05, 4.69) is 10.5 Å². The van der Waals surface area contributed by atoms with E-state index in [9.17, 15) is 18.3 Å². The third-order valence-electron chi connectivity index (χ3n) is 4.79.